The van der Waals surface area contributed by atoms with Crippen molar-refractivity contribution >= 4 is 5.97 Å². The van der Waals surface area contributed by atoms with Crippen molar-refractivity contribution in [2.45, 2.75) is 12.2 Å². The molecule has 0 amide bonds. The van der Waals surface area contributed by atoms with E-state index in [9.17, 15) is 4.79 Å². The predicted molar refractivity (Wildman–Crippen MR) is 33.7 cm³/mol. The molecule has 0 radical (unpaired) electrons. The third-order valence-electron chi connectivity index (χ3n) is 1.36. The highest BCUT2D eigenvalue weighted by Crippen LogP contribution is 2.11. The Morgan fingerprint density at radius 3 is 2.82 bits per heavy atom. The van der Waals surface area contributed by atoms with Crippen LogP contribution in [0, 0.1) is 0 Å². The maximum atomic E-state index is 10.5. The van der Waals surface area contributed by atoms with Gasteiger partial charge in [-0.15, -0.1) is 0 Å². The molecular formula is C6H8O5. The van der Waals surface area contributed by atoms with Gasteiger partial charge in [-0.2, -0.15) is 0 Å². The number of rotatable bonds is 1. The lowest BCUT2D eigenvalue weighted by Crippen LogP contribution is -2.37. The molecule has 0 aromatic rings. The maximum absolute atomic E-state index is 10.5. The number of esters is 1. The van der Waals surface area contributed by atoms with Crippen molar-refractivity contribution < 1.29 is 24.9 Å². The molecule has 3 N–H and O–H groups in total. The number of ether oxygens (including phenoxy) is 1. The molecule has 0 aliphatic carbocycles. The van der Waals surface area contributed by atoms with Crippen LogP contribution in [0.5, 0.6) is 0 Å². The van der Waals surface area contributed by atoms with Gasteiger partial charge in [0.15, 0.2) is 6.10 Å². The maximum Gasteiger partial charge on any atom is 0.373 e. The zero-order valence-corrected chi connectivity index (χ0v) is 5.60. The summed E-state index contributed by atoms with van der Waals surface area (Å²) in [6.07, 6.45) is -1.15. The fourth-order valence-corrected chi connectivity index (χ4v) is 0.750. The van der Waals surface area contributed by atoms with Gasteiger partial charge in [-0.05, 0) is 6.08 Å². The van der Waals surface area contributed by atoms with Crippen molar-refractivity contribution in [2.75, 3.05) is 6.61 Å². The smallest absolute Gasteiger partial charge is 0.373 e. The van der Waals surface area contributed by atoms with Crippen LogP contribution in [0.25, 0.3) is 0 Å². The molecule has 1 heterocycles. The summed E-state index contributed by atoms with van der Waals surface area (Å²) in [4.78, 5) is 10.5. The fourth-order valence-electron chi connectivity index (χ4n) is 0.750. The van der Waals surface area contributed by atoms with Crippen LogP contribution in [-0.2, 0) is 9.53 Å². The Balaban J connectivity index is 2.75. The van der Waals surface area contributed by atoms with Crippen LogP contribution in [0.15, 0.2) is 11.8 Å². The van der Waals surface area contributed by atoms with Gasteiger partial charge in [0.25, 0.3) is 0 Å². The number of aliphatic hydroxyl groups excluding tert-OH is 3. The van der Waals surface area contributed by atoms with Crippen LogP contribution < -0.4 is 0 Å². The van der Waals surface area contributed by atoms with Gasteiger partial charge < -0.3 is 20.1 Å². The SMILES string of the molecule is O=C1OC(CO)C(O)C=C1O. The summed E-state index contributed by atoms with van der Waals surface area (Å²) in [6.45, 7) is -0.462. The quantitative estimate of drug-likeness (QED) is 0.415. The Labute approximate surface area is 62.5 Å². The first kappa shape index (κ1) is 8.03. The van der Waals surface area contributed by atoms with E-state index in [2.05, 4.69) is 4.74 Å². The molecule has 0 bridgehead atoms. The molecule has 11 heavy (non-hydrogen) atoms. The number of cyclic esters (lactones) is 1. The monoisotopic (exact) mass is 160 g/mol. The Morgan fingerprint density at radius 2 is 2.27 bits per heavy atom. The van der Waals surface area contributed by atoms with E-state index in [1.54, 1.807) is 0 Å². The average Bonchev–Trinajstić information content (AvgIpc) is 1.97. The second-order valence-electron chi connectivity index (χ2n) is 2.17. The van der Waals surface area contributed by atoms with Crippen LogP contribution >= 0.6 is 0 Å². The molecule has 0 fully saturated rings. The van der Waals surface area contributed by atoms with Gasteiger partial charge >= 0.3 is 5.97 Å². The highest BCUT2D eigenvalue weighted by molar-refractivity contribution is 5.86. The van der Waals surface area contributed by atoms with Crippen molar-refractivity contribution in [3.8, 4) is 0 Å². The molecule has 1 rings (SSSR count). The molecule has 1 aliphatic heterocycles. The summed E-state index contributed by atoms with van der Waals surface area (Å²) in [6, 6.07) is 0. The Hall–Kier alpha value is -1.07. The molecule has 5 heteroatoms. The molecule has 0 saturated carbocycles. The van der Waals surface area contributed by atoms with Gasteiger partial charge in [0.05, 0.1) is 6.61 Å². The first-order chi connectivity index (χ1) is 5.15. The first-order valence-corrected chi connectivity index (χ1v) is 3.06. The van der Waals surface area contributed by atoms with Crippen molar-refractivity contribution in [2.24, 2.45) is 0 Å². The van der Waals surface area contributed by atoms with Crippen molar-refractivity contribution in [3.63, 3.8) is 0 Å². The lowest BCUT2D eigenvalue weighted by Gasteiger charge is -2.22. The molecule has 1 aliphatic rings. The highest BCUT2D eigenvalue weighted by Gasteiger charge is 2.29. The first-order valence-electron chi connectivity index (χ1n) is 3.06. The second kappa shape index (κ2) is 2.89. The van der Waals surface area contributed by atoms with Gasteiger partial charge in [-0.3, -0.25) is 0 Å². The van der Waals surface area contributed by atoms with Crippen LogP contribution in [0.4, 0.5) is 0 Å². The van der Waals surface area contributed by atoms with E-state index in [0.29, 0.717) is 0 Å². The van der Waals surface area contributed by atoms with Crippen molar-refractivity contribution in [1.29, 1.82) is 0 Å². The summed E-state index contributed by atoms with van der Waals surface area (Å²) < 4.78 is 4.40. The second-order valence-corrected chi connectivity index (χ2v) is 2.17. The number of carbonyl (C=O) groups excluding carboxylic acids is 1. The topological polar surface area (TPSA) is 87.0 Å². The molecule has 2 atom stereocenters. The van der Waals surface area contributed by atoms with Gasteiger partial charge in [0.1, 0.15) is 6.10 Å². The van der Waals surface area contributed by atoms with Gasteiger partial charge in [-0.1, -0.05) is 0 Å². The van der Waals surface area contributed by atoms with E-state index in [4.69, 9.17) is 15.3 Å². The molecule has 2 unspecified atom stereocenters. The predicted octanol–water partition coefficient (Wildman–Crippen LogP) is -1.29. The van der Waals surface area contributed by atoms with E-state index in [1.807, 2.05) is 0 Å². The lowest BCUT2D eigenvalue weighted by molar-refractivity contribution is -0.157. The van der Waals surface area contributed by atoms with Crippen LogP contribution in [0.2, 0.25) is 0 Å². The third-order valence-corrected chi connectivity index (χ3v) is 1.36. The largest absolute Gasteiger partial charge is 0.502 e. The van der Waals surface area contributed by atoms with Crippen LogP contribution in [0.1, 0.15) is 0 Å². The van der Waals surface area contributed by atoms with Gasteiger partial charge in [-0.25, -0.2) is 4.79 Å². The molecule has 0 spiro atoms. The molecular weight excluding hydrogens is 152 g/mol. The van der Waals surface area contributed by atoms with E-state index in [-0.39, 0.29) is 0 Å². The summed E-state index contributed by atoms with van der Waals surface area (Å²) in [5.74, 6) is -1.54. The Morgan fingerprint density at radius 1 is 1.64 bits per heavy atom. The minimum atomic E-state index is -1.13. The summed E-state index contributed by atoms with van der Waals surface area (Å²) in [7, 11) is 0. The standard InChI is InChI=1S/C6H8O5/c7-2-5-3(8)1-4(9)6(10)11-5/h1,3,5,7-9H,2H2. The normalized spacial score (nSPS) is 31.1. The minimum Gasteiger partial charge on any atom is -0.502 e. The van der Waals surface area contributed by atoms with E-state index in [1.165, 1.54) is 0 Å². The van der Waals surface area contributed by atoms with Gasteiger partial charge in [0, 0.05) is 0 Å². The number of carbonyl (C=O) groups is 1. The zero-order chi connectivity index (χ0) is 8.43. The minimum absolute atomic E-state index is 0.462. The van der Waals surface area contributed by atoms with E-state index < -0.39 is 30.5 Å². The zero-order valence-electron chi connectivity index (χ0n) is 5.60. The van der Waals surface area contributed by atoms with E-state index >= 15 is 0 Å². The van der Waals surface area contributed by atoms with Gasteiger partial charge in [0.2, 0.25) is 5.76 Å². The molecule has 62 valence electrons. The van der Waals surface area contributed by atoms with E-state index in [0.717, 1.165) is 6.08 Å². The summed E-state index contributed by atoms with van der Waals surface area (Å²) in [5, 5.41) is 26.2. The Kier molecular flexibility index (Phi) is 2.11. The average molecular weight is 160 g/mol. The number of hydrogen-bond donors (Lipinski definition) is 3. The molecule has 0 aromatic heterocycles. The molecule has 0 saturated heterocycles. The van der Waals surface area contributed by atoms with Crippen LogP contribution in [-0.4, -0.2) is 40.1 Å². The number of aliphatic hydroxyl groups is 3. The van der Waals surface area contributed by atoms with Crippen molar-refractivity contribution in [3.05, 3.63) is 11.8 Å². The molecule has 5 nitrogen and oxygen atoms in total. The summed E-state index contributed by atoms with van der Waals surface area (Å²) >= 11 is 0. The lowest BCUT2D eigenvalue weighted by atomic mass is 10.1. The fraction of sp³-hybridized carbons (Fsp3) is 0.500. The Bertz CT molecular complexity index is 197. The summed E-state index contributed by atoms with van der Waals surface area (Å²) in [5.41, 5.74) is 0. The molecule has 0 aromatic carbocycles. The third kappa shape index (κ3) is 1.50. The van der Waals surface area contributed by atoms with Crippen LogP contribution in [0.3, 0.4) is 0 Å². The number of hydrogen-bond acceptors (Lipinski definition) is 5. The highest BCUT2D eigenvalue weighted by atomic mass is 16.6. The van der Waals surface area contributed by atoms with Crippen molar-refractivity contribution in [1.82, 2.24) is 0 Å².